The summed E-state index contributed by atoms with van der Waals surface area (Å²) in [6.45, 7) is 0. The minimum atomic E-state index is 0.577. The van der Waals surface area contributed by atoms with Crippen molar-refractivity contribution in [3.8, 4) is 11.4 Å². The van der Waals surface area contributed by atoms with Crippen LogP contribution in [0.25, 0.3) is 17.0 Å². The Morgan fingerprint density at radius 3 is 2.71 bits per heavy atom. The molecule has 0 fully saturated rings. The average Bonchev–Trinajstić information content (AvgIpc) is 2.75. The zero-order chi connectivity index (χ0) is 11.8. The van der Waals surface area contributed by atoms with E-state index in [9.17, 15) is 0 Å². The van der Waals surface area contributed by atoms with E-state index in [-0.39, 0.29) is 0 Å². The topological polar surface area (TPSA) is 56.2 Å². The molecule has 5 heteroatoms. The number of nitrogen functional groups attached to an aromatic ring is 1. The van der Waals surface area contributed by atoms with E-state index >= 15 is 0 Å². The van der Waals surface area contributed by atoms with Gasteiger partial charge >= 0.3 is 0 Å². The molecular weight excluding hydrogens is 236 g/mol. The largest absolute Gasteiger partial charge is 0.396 e. The fourth-order valence-corrected chi connectivity index (χ4v) is 1.90. The molecule has 0 aliphatic carbocycles. The molecule has 2 N–H and O–H groups in total. The number of pyridine rings is 1. The molecule has 2 aromatic heterocycles. The van der Waals surface area contributed by atoms with Gasteiger partial charge < -0.3 is 5.73 Å². The van der Waals surface area contributed by atoms with Crippen molar-refractivity contribution in [1.82, 2.24) is 14.6 Å². The summed E-state index contributed by atoms with van der Waals surface area (Å²) in [4.78, 5) is 4.39. The third-order valence-corrected chi connectivity index (χ3v) is 2.84. The predicted molar refractivity (Wildman–Crippen MR) is 67.8 cm³/mol. The molecule has 0 amide bonds. The van der Waals surface area contributed by atoms with Crippen LogP contribution in [0.4, 0.5) is 5.69 Å². The molecule has 0 aliphatic rings. The highest BCUT2D eigenvalue weighted by atomic mass is 35.5. The summed E-state index contributed by atoms with van der Waals surface area (Å²) in [6.07, 6.45) is 1.80. The maximum atomic E-state index is 6.11. The Morgan fingerprint density at radius 2 is 1.94 bits per heavy atom. The molecule has 0 spiro atoms. The summed E-state index contributed by atoms with van der Waals surface area (Å²) < 4.78 is 1.65. The lowest BCUT2D eigenvalue weighted by Crippen LogP contribution is -1.92. The number of benzene rings is 1. The number of hydrogen-bond donors (Lipinski definition) is 1. The van der Waals surface area contributed by atoms with Crippen LogP contribution in [-0.4, -0.2) is 14.6 Å². The molecule has 0 radical (unpaired) electrons. The summed E-state index contributed by atoms with van der Waals surface area (Å²) in [7, 11) is 0. The minimum absolute atomic E-state index is 0.577. The molecule has 1 aromatic carbocycles. The van der Waals surface area contributed by atoms with Crippen LogP contribution in [0, 0.1) is 0 Å². The number of aromatic nitrogens is 3. The number of rotatable bonds is 1. The van der Waals surface area contributed by atoms with Crippen LogP contribution in [0.15, 0.2) is 42.6 Å². The second kappa shape index (κ2) is 3.75. The number of fused-ring (bicyclic) bond motifs is 1. The van der Waals surface area contributed by atoms with Crippen LogP contribution in [-0.2, 0) is 0 Å². The quantitative estimate of drug-likeness (QED) is 0.716. The van der Waals surface area contributed by atoms with Gasteiger partial charge in [0.2, 0.25) is 0 Å². The standard InChI is InChI=1S/C12H9ClN4/c13-9-5-2-1-4-8(9)11-15-12-10(14)6-3-7-17(12)16-11/h1-7H,14H2. The number of halogens is 1. The molecule has 4 nitrogen and oxygen atoms in total. The smallest absolute Gasteiger partial charge is 0.183 e. The lowest BCUT2D eigenvalue weighted by atomic mass is 10.2. The predicted octanol–water partition coefficient (Wildman–Crippen LogP) is 2.63. The molecule has 0 aliphatic heterocycles. The Bertz CT molecular complexity index is 690. The lowest BCUT2D eigenvalue weighted by molar-refractivity contribution is 0.967. The van der Waals surface area contributed by atoms with Gasteiger partial charge in [0.1, 0.15) is 0 Å². The highest BCUT2D eigenvalue weighted by Gasteiger charge is 2.10. The maximum absolute atomic E-state index is 6.11. The van der Waals surface area contributed by atoms with Gasteiger partial charge in [0.25, 0.3) is 0 Å². The number of nitrogens with zero attached hydrogens (tertiary/aromatic N) is 3. The van der Waals surface area contributed by atoms with Crippen molar-refractivity contribution in [1.29, 1.82) is 0 Å². The molecule has 0 bridgehead atoms. The molecule has 17 heavy (non-hydrogen) atoms. The second-order valence-electron chi connectivity index (χ2n) is 3.65. The molecule has 84 valence electrons. The van der Waals surface area contributed by atoms with Gasteiger partial charge in [-0.15, -0.1) is 5.10 Å². The summed E-state index contributed by atoms with van der Waals surface area (Å²) in [5.41, 5.74) is 7.87. The van der Waals surface area contributed by atoms with Gasteiger partial charge in [-0.2, -0.15) is 0 Å². The second-order valence-corrected chi connectivity index (χ2v) is 4.05. The van der Waals surface area contributed by atoms with E-state index in [0.717, 1.165) is 5.56 Å². The first kappa shape index (κ1) is 10.1. The first-order valence-electron chi connectivity index (χ1n) is 5.11. The van der Waals surface area contributed by atoms with E-state index in [0.29, 0.717) is 22.2 Å². The lowest BCUT2D eigenvalue weighted by Gasteiger charge is -1.96. The van der Waals surface area contributed by atoms with Gasteiger partial charge in [-0.1, -0.05) is 23.7 Å². The van der Waals surface area contributed by atoms with Crippen molar-refractivity contribution in [3.63, 3.8) is 0 Å². The van der Waals surface area contributed by atoms with Gasteiger partial charge in [0.05, 0.1) is 10.7 Å². The highest BCUT2D eigenvalue weighted by molar-refractivity contribution is 6.33. The number of hydrogen-bond acceptors (Lipinski definition) is 3. The maximum Gasteiger partial charge on any atom is 0.183 e. The molecule has 2 heterocycles. The molecule has 0 atom stereocenters. The highest BCUT2D eigenvalue weighted by Crippen LogP contribution is 2.25. The Morgan fingerprint density at radius 1 is 1.12 bits per heavy atom. The van der Waals surface area contributed by atoms with Crippen LogP contribution in [0.2, 0.25) is 5.02 Å². The monoisotopic (exact) mass is 244 g/mol. The number of anilines is 1. The van der Waals surface area contributed by atoms with Crippen molar-refractivity contribution in [2.45, 2.75) is 0 Å². The molecule has 3 aromatic rings. The van der Waals surface area contributed by atoms with Crippen LogP contribution in [0.3, 0.4) is 0 Å². The van der Waals surface area contributed by atoms with Gasteiger partial charge in [-0.3, -0.25) is 0 Å². The van der Waals surface area contributed by atoms with Crippen LogP contribution < -0.4 is 5.73 Å². The van der Waals surface area contributed by atoms with E-state index in [2.05, 4.69) is 10.1 Å². The Labute approximate surface area is 103 Å². The van der Waals surface area contributed by atoms with Crippen molar-refractivity contribution < 1.29 is 0 Å². The summed E-state index contributed by atoms with van der Waals surface area (Å²) in [5.74, 6) is 0.577. The average molecular weight is 245 g/mol. The van der Waals surface area contributed by atoms with Crippen LogP contribution in [0.5, 0.6) is 0 Å². The summed E-state index contributed by atoms with van der Waals surface area (Å²) in [6, 6.07) is 11.1. The van der Waals surface area contributed by atoms with Gasteiger partial charge in [0.15, 0.2) is 11.5 Å². The van der Waals surface area contributed by atoms with E-state index in [1.807, 2.05) is 30.3 Å². The van der Waals surface area contributed by atoms with Gasteiger partial charge in [-0.05, 0) is 24.3 Å². The van der Waals surface area contributed by atoms with Gasteiger partial charge in [-0.25, -0.2) is 9.50 Å². The van der Waals surface area contributed by atoms with E-state index in [1.54, 1.807) is 16.8 Å². The Kier molecular flexibility index (Phi) is 2.23. The fraction of sp³-hybridized carbons (Fsp3) is 0. The Balaban J connectivity index is 2.26. The van der Waals surface area contributed by atoms with Crippen LogP contribution in [0.1, 0.15) is 0 Å². The molecular formula is C12H9ClN4. The molecule has 0 saturated heterocycles. The zero-order valence-electron chi connectivity index (χ0n) is 8.84. The summed E-state index contributed by atoms with van der Waals surface area (Å²) in [5, 5.41) is 4.97. The van der Waals surface area contributed by atoms with Crippen LogP contribution >= 0.6 is 11.6 Å². The van der Waals surface area contributed by atoms with Crippen molar-refractivity contribution in [2.75, 3.05) is 5.73 Å². The van der Waals surface area contributed by atoms with Crippen molar-refractivity contribution >= 4 is 22.9 Å². The van der Waals surface area contributed by atoms with E-state index in [4.69, 9.17) is 17.3 Å². The zero-order valence-corrected chi connectivity index (χ0v) is 9.59. The third kappa shape index (κ3) is 1.62. The first-order chi connectivity index (χ1) is 8.25. The molecule has 3 rings (SSSR count). The SMILES string of the molecule is Nc1cccn2nc(-c3ccccc3Cl)nc12. The fourth-order valence-electron chi connectivity index (χ4n) is 1.68. The molecule has 0 saturated carbocycles. The normalized spacial score (nSPS) is 10.9. The van der Waals surface area contributed by atoms with E-state index in [1.165, 1.54) is 0 Å². The van der Waals surface area contributed by atoms with Crippen molar-refractivity contribution in [2.24, 2.45) is 0 Å². The van der Waals surface area contributed by atoms with Gasteiger partial charge in [0, 0.05) is 11.8 Å². The number of nitrogens with two attached hydrogens (primary N) is 1. The van der Waals surface area contributed by atoms with Crippen molar-refractivity contribution in [3.05, 3.63) is 47.6 Å². The summed E-state index contributed by atoms with van der Waals surface area (Å²) >= 11 is 6.11. The first-order valence-corrected chi connectivity index (χ1v) is 5.49. The third-order valence-electron chi connectivity index (χ3n) is 2.51. The minimum Gasteiger partial charge on any atom is -0.396 e. The van der Waals surface area contributed by atoms with E-state index < -0.39 is 0 Å². The molecule has 0 unspecified atom stereocenters. The Hall–Kier alpha value is -2.07.